The number of hydrogen-bond donors (Lipinski definition) is 1. The number of unbranched alkanes of at least 4 members (excludes halogenated alkanes) is 1. The number of nitrogens with zero attached hydrogens (tertiary/aromatic N) is 3. The minimum Gasteiger partial charge on any atom is -0.494 e. The number of nitrogens with one attached hydrogen (secondary N) is 1. The number of carbonyl (C=O) groups excluding carboxylic acids is 1. The second-order valence-electron chi connectivity index (χ2n) is 8.08. The van der Waals surface area contributed by atoms with Gasteiger partial charge >= 0.3 is 0 Å². The molecule has 7 nitrogen and oxygen atoms in total. The average molecular weight is 435 g/mol. The highest BCUT2D eigenvalue weighted by Gasteiger charge is 2.16. The van der Waals surface area contributed by atoms with Crippen LogP contribution in [0.5, 0.6) is 5.75 Å². The fraction of sp³-hybridized carbons (Fsp3) is 0.360. The van der Waals surface area contributed by atoms with Crippen LogP contribution in [-0.4, -0.2) is 28.5 Å². The van der Waals surface area contributed by atoms with E-state index < -0.39 is 5.91 Å². The first kappa shape index (κ1) is 23.2. The van der Waals surface area contributed by atoms with Gasteiger partial charge < -0.3 is 4.74 Å². The van der Waals surface area contributed by atoms with Crippen LogP contribution in [0, 0.1) is 5.92 Å². The quantitative estimate of drug-likeness (QED) is 0.379. The van der Waals surface area contributed by atoms with Crippen LogP contribution in [0.1, 0.15) is 56.1 Å². The number of aryl methyl sites for hydroxylation is 1. The number of aromatic nitrogens is 2. The molecule has 1 aromatic heterocycles. The van der Waals surface area contributed by atoms with Crippen LogP contribution in [-0.2, 0) is 6.54 Å². The highest BCUT2D eigenvalue weighted by atomic mass is 16.5. The summed E-state index contributed by atoms with van der Waals surface area (Å²) in [4.78, 5) is 25.5. The van der Waals surface area contributed by atoms with Crippen molar-refractivity contribution in [2.24, 2.45) is 11.0 Å². The lowest BCUT2D eigenvalue weighted by Gasteiger charge is -2.09. The van der Waals surface area contributed by atoms with Gasteiger partial charge in [-0.1, -0.05) is 45.4 Å². The summed E-state index contributed by atoms with van der Waals surface area (Å²) in [5.41, 5.74) is 3.34. The van der Waals surface area contributed by atoms with Crippen molar-refractivity contribution >= 4 is 22.9 Å². The van der Waals surface area contributed by atoms with E-state index in [0.717, 1.165) is 30.6 Å². The predicted octanol–water partition coefficient (Wildman–Crippen LogP) is 4.39. The van der Waals surface area contributed by atoms with Crippen molar-refractivity contribution in [3.63, 3.8) is 0 Å². The summed E-state index contributed by atoms with van der Waals surface area (Å²) in [7, 11) is 0. The van der Waals surface area contributed by atoms with Gasteiger partial charge in [-0.2, -0.15) is 10.2 Å². The molecular weight excluding hydrogens is 404 g/mol. The van der Waals surface area contributed by atoms with Crippen LogP contribution >= 0.6 is 0 Å². The van der Waals surface area contributed by atoms with Gasteiger partial charge in [0.25, 0.3) is 11.5 Å². The first-order chi connectivity index (χ1) is 15.5. The third-order valence-corrected chi connectivity index (χ3v) is 5.03. The average Bonchev–Trinajstić information content (AvgIpc) is 2.79. The molecule has 3 rings (SSSR count). The van der Waals surface area contributed by atoms with Crippen LogP contribution in [0.15, 0.2) is 58.4 Å². The summed E-state index contributed by atoms with van der Waals surface area (Å²) in [6.07, 6.45) is 4.30. The van der Waals surface area contributed by atoms with Crippen LogP contribution in [0.2, 0.25) is 0 Å². The Morgan fingerprint density at radius 1 is 1.16 bits per heavy atom. The van der Waals surface area contributed by atoms with Crippen molar-refractivity contribution in [3.8, 4) is 5.75 Å². The summed E-state index contributed by atoms with van der Waals surface area (Å²) in [6.45, 7) is 7.52. The van der Waals surface area contributed by atoms with Gasteiger partial charge in [-0.3, -0.25) is 9.59 Å². The van der Waals surface area contributed by atoms with Crippen molar-refractivity contribution in [2.75, 3.05) is 6.61 Å². The summed E-state index contributed by atoms with van der Waals surface area (Å²) >= 11 is 0. The van der Waals surface area contributed by atoms with Gasteiger partial charge in [0, 0.05) is 11.9 Å². The third kappa shape index (κ3) is 6.03. The maximum atomic E-state index is 12.8. The van der Waals surface area contributed by atoms with E-state index in [0.29, 0.717) is 29.8 Å². The van der Waals surface area contributed by atoms with Crippen LogP contribution in [0.25, 0.3) is 10.8 Å². The molecule has 0 fully saturated rings. The Balaban J connectivity index is 1.71. The molecule has 1 heterocycles. The molecule has 0 unspecified atom stereocenters. The summed E-state index contributed by atoms with van der Waals surface area (Å²) in [5.74, 6) is 0.941. The number of amides is 1. The molecule has 3 aromatic rings. The molecule has 0 aliphatic rings. The molecule has 7 heteroatoms. The smallest absolute Gasteiger partial charge is 0.292 e. The Kier molecular flexibility index (Phi) is 8.14. The lowest BCUT2D eigenvalue weighted by atomic mass is 10.1. The Labute approximate surface area is 188 Å². The van der Waals surface area contributed by atoms with Crippen LogP contribution < -0.4 is 15.7 Å². The molecule has 0 spiro atoms. The predicted molar refractivity (Wildman–Crippen MR) is 127 cm³/mol. The Morgan fingerprint density at radius 2 is 1.88 bits per heavy atom. The summed E-state index contributed by atoms with van der Waals surface area (Å²) in [5, 5.41) is 9.37. The number of benzene rings is 2. The van der Waals surface area contributed by atoms with Crippen molar-refractivity contribution in [1.29, 1.82) is 0 Å². The molecule has 0 atom stereocenters. The van der Waals surface area contributed by atoms with E-state index in [9.17, 15) is 9.59 Å². The highest BCUT2D eigenvalue weighted by molar-refractivity contribution is 6.04. The van der Waals surface area contributed by atoms with E-state index in [-0.39, 0.29) is 11.3 Å². The number of hydrogen-bond acceptors (Lipinski definition) is 5. The van der Waals surface area contributed by atoms with Crippen molar-refractivity contribution < 1.29 is 9.53 Å². The normalized spacial score (nSPS) is 11.4. The van der Waals surface area contributed by atoms with Crippen molar-refractivity contribution in [3.05, 3.63) is 70.1 Å². The molecule has 2 aromatic carbocycles. The lowest BCUT2D eigenvalue weighted by Crippen LogP contribution is -2.29. The number of fused-ring (bicyclic) bond motifs is 1. The highest BCUT2D eigenvalue weighted by Crippen LogP contribution is 2.14. The summed E-state index contributed by atoms with van der Waals surface area (Å²) < 4.78 is 7.08. The number of hydrazone groups is 1. The molecule has 1 N–H and O–H groups in total. The van der Waals surface area contributed by atoms with Gasteiger partial charge in [-0.05, 0) is 54.7 Å². The zero-order valence-corrected chi connectivity index (χ0v) is 18.9. The standard InChI is InChI=1S/C25H30N4O3/c1-4-5-15-29-25(31)22-9-7-6-8-21(22)23(28-29)24(30)27-26-17-19-10-12-20(13-11-19)32-16-14-18(2)3/h6-13,17-18H,4-5,14-16H2,1-3H3,(H,27,30)/b26-17-. The van der Waals surface area contributed by atoms with Gasteiger partial charge in [-0.15, -0.1) is 0 Å². The Morgan fingerprint density at radius 3 is 2.56 bits per heavy atom. The second kappa shape index (κ2) is 11.2. The van der Waals surface area contributed by atoms with Gasteiger partial charge in [0.2, 0.25) is 0 Å². The number of rotatable bonds is 10. The van der Waals surface area contributed by atoms with Crippen LogP contribution in [0.3, 0.4) is 0 Å². The molecule has 0 aliphatic heterocycles. The van der Waals surface area contributed by atoms with Crippen molar-refractivity contribution in [2.45, 2.75) is 46.6 Å². The topological polar surface area (TPSA) is 85.6 Å². The fourth-order valence-corrected chi connectivity index (χ4v) is 3.14. The summed E-state index contributed by atoms with van der Waals surface area (Å²) in [6, 6.07) is 14.5. The van der Waals surface area contributed by atoms with E-state index in [4.69, 9.17) is 4.74 Å². The monoisotopic (exact) mass is 434 g/mol. The maximum Gasteiger partial charge on any atom is 0.292 e. The van der Waals surface area contributed by atoms with E-state index in [1.54, 1.807) is 30.5 Å². The van der Waals surface area contributed by atoms with Gasteiger partial charge in [0.1, 0.15) is 5.75 Å². The zero-order chi connectivity index (χ0) is 22.9. The largest absolute Gasteiger partial charge is 0.494 e. The fourth-order valence-electron chi connectivity index (χ4n) is 3.14. The van der Waals surface area contributed by atoms with E-state index in [1.807, 2.05) is 31.2 Å². The van der Waals surface area contributed by atoms with Crippen molar-refractivity contribution in [1.82, 2.24) is 15.2 Å². The molecule has 0 bridgehead atoms. The van der Waals surface area contributed by atoms with E-state index in [2.05, 4.69) is 29.5 Å². The number of carbonyl (C=O) groups is 1. The first-order valence-corrected chi connectivity index (χ1v) is 11.1. The molecule has 0 radical (unpaired) electrons. The Hall–Kier alpha value is -3.48. The lowest BCUT2D eigenvalue weighted by molar-refractivity contribution is 0.0949. The molecule has 32 heavy (non-hydrogen) atoms. The molecular formula is C25H30N4O3. The van der Waals surface area contributed by atoms with E-state index >= 15 is 0 Å². The molecule has 0 saturated carbocycles. The number of ether oxygens (including phenoxy) is 1. The van der Waals surface area contributed by atoms with Crippen LogP contribution in [0.4, 0.5) is 0 Å². The second-order valence-corrected chi connectivity index (χ2v) is 8.08. The van der Waals surface area contributed by atoms with Gasteiger partial charge in [0.15, 0.2) is 5.69 Å². The van der Waals surface area contributed by atoms with Gasteiger partial charge in [-0.25, -0.2) is 10.1 Å². The Bertz CT molecular complexity index is 1130. The zero-order valence-electron chi connectivity index (χ0n) is 18.9. The van der Waals surface area contributed by atoms with E-state index in [1.165, 1.54) is 4.68 Å². The third-order valence-electron chi connectivity index (χ3n) is 5.03. The molecule has 168 valence electrons. The SMILES string of the molecule is CCCCn1nc(C(=O)N/N=C\c2ccc(OCCC(C)C)cc2)c2ccccc2c1=O. The minimum absolute atomic E-state index is 0.183. The molecule has 0 aliphatic carbocycles. The molecule has 1 amide bonds. The maximum absolute atomic E-state index is 12.8. The van der Waals surface area contributed by atoms with Gasteiger partial charge in [0.05, 0.1) is 18.2 Å². The molecule has 0 saturated heterocycles. The first-order valence-electron chi connectivity index (χ1n) is 11.1. The minimum atomic E-state index is -0.462.